The number of hydrogen-bond donors (Lipinski definition) is 0. The molecule has 0 aliphatic heterocycles. The summed E-state index contributed by atoms with van der Waals surface area (Å²) in [5, 5.41) is 0.870. The van der Waals surface area contributed by atoms with Crippen LogP contribution in [0.1, 0.15) is 5.56 Å². The first-order valence-corrected chi connectivity index (χ1v) is 10.9. The predicted octanol–water partition coefficient (Wildman–Crippen LogP) is 3.76. The van der Waals surface area contributed by atoms with E-state index in [-0.39, 0.29) is 4.90 Å². The molecule has 150 valence electrons. The predicted molar refractivity (Wildman–Crippen MR) is 114 cm³/mol. The van der Waals surface area contributed by atoms with E-state index in [2.05, 4.69) is 20.8 Å². The van der Waals surface area contributed by atoms with E-state index in [1.165, 1.54) is 3.97 Å². The van der Waals surface area contributed by atoms with Crippen LogP contribution in [0.3, 0.4) is 0 Å². The summed E-state index contributed by atoms with van der Waals surface area (Å²) in [5.74, 6) is 1.28. The third-order valence-corrected chi connectivity index (χ3v) is 7.21. The molecule has 0 bridgehead atoms. The number of nitrogens with zero attached hydrogens (tertiary/aromatic N) is 2. The van der Waals surface area contributed by atoms with Crippen LogP contribution >= 0.6 is 15.9 Å². The summed E-state index contributed by atoms with van der Waals surface area (Å²) in [6, 6.07) is 10.3. The second-order valence-corrected chi connectivity index (χ2v) is 9.33. The normalized spacial score (nSPS) is 11.9. The molecule has 0 aliphatic rings. The Morgan fingerprint density at radius 1 is 1.04 bits per heavy atom. The lowest BCUT2D eigenvalue weighted by Crippen LogP contribution is -2.15. The van der Waals surface area contributed by atoms with Gasteiger partial charge in [0.1, 0.15) is 16.4 Å². The Balaban J connectivity index is 2.18. The fraction of sp³-hybridized carbons (Fsp3) is 0.300. The smallest absolute Gasteiger partial charge is 0.269 e. The molecule has 0 amide bonds. The lowest BCUT2D eigenvalue weighted by molar-refractivity contribution is 0.413. The summed E-state index contributed by atoms with van der Waals surface area (Å²) in [4.78, 5) is 2.25. The van der Waals surface area contributed by atoms with Gasteiger partial charge in [-0.3, -0.25) is 0 Å². The maximum absolute atomic E-state index is 13.4. The largest absolute Gasteiger partial charge is 0.497 e. The third kappa shape index (κ3) is 3.90. The molecule has 8 heteroatoms. The summed E-state index contributed by atoms with van der Waals surface area (Å²) >= 11 is 3.37. The van der Waals surface area contributed by atoms with Gasteiger partial charge in [-0.05, 0) is 78.4 Å². The Morgan fingerprint density at radius 3 is 2.29 bits per heavy atom. The van der Waals surface area contributed by atoms with Gasteiger partial charge in [-0.1, -0.05) is 0 Å². The van der Waals surface area contributed by atoms with E-state index in [9.17, 15) is 8.42 Å². The van der Waals surface area contributed by atoms with Gasteiger partial charge in [-0.15, -0.1) is 0 Å². The quantitative estimate of drug-likeness (QED) is 0.530. The molecule has 3 rings (SSSR count). The van der Waals surface area contributed by atoms with Crippen LogP contribution in [0.4, 0.5) is 0 Å². The van der Waals surface area contributed by atoms with E-state index in [1.54, 1.807) is 50.7 Å². The van der Waals surface area contributed by atoms with Crippen molar-refractivity contribution in [1.82, 2.24) is 8.87 Å². The average Bonchev–Trinajstić information content (AvgIpc) is 3.04. The SMILES string of the molecule is COc1ccc(S(=O)(=O)n2cc(CCN(C)C)c3cc(OC)ccc32)c(Br)c1. The lowest BCUT2D eigenvalue weighted by atomic mass is 10.1. The number of aromatic nitrogens is 1. The highest BCUT2D eigenvalue weighted by Crippen LogP contribution is 2.33. The van der Waals surface area contributed by atoms with Crippen LogP contribution in [-0.2, 0) is 16.4 Å². The van der Waals surface area contributed by atoms with Gasteiger partial charge in [0.25, 0.3) is 10.0 Å². The van der Waals surface area contributed by atoms with Crippen molar-refractivity contribution < 1.29 is 17.9 Å². The number of ether oxygens (including phenoxy) is 2. The van der Waals surface area contributed by atoms with E-state index < -0.39 is 10.0 Å². The Morgan fingerprint density at radius 2 is 1.68 bits per heavy atom. The van der Waals surface area contributed by atoms with E-state index in [0.29, 0.717) is 21.5 Å². The monoisotopic (exact) mass is 466 g/mol. The summed E-state index contributed by atoms with van der Waals surface area (Å²) in [6.45, 7) is 0.808. The maximum atomic E-state index is 13.4. The second kappa shape index (κ2) is 8.14. The van der Waals surface area contributed by atoms with Crippen LogP contribution in [0.15, 0.2) is 52.0 Å². The first-order valence-electron chi connectivity index (χ1n) is 8.69. The molecule has 0 unspecified atom stereocenters. The summed E-state index contributed by atoms with van der Waals surface area (Å²) in [5.41, 5.74) is 1.58. The molecular formula is C20H23BrN2O4S. The highest BCUT2D eigenvalue weighted by molar-refractivity contribution is 9.10. The molecular weight excluding hydrogens is 444 g/mol. The zero-order valence-corrected chi connectivity index (χ0v) is 18.7. The van der Waals surface area contributed by atoms with Crippen LogP contribution in [0, 0.1) is 0 Å². The highest BCUT2D eigenvalue weighted by Gasteiger charge is 2.24. The molecule has 0 saturated heterocycles. The summed E-state index contributed by atoms with van der Waals surface area (Å²) < 4.78 is 39.2. The fourth-order valence-corrected chi connectivity index (χ4v) is 5.45. The van der Waals surface area contributed by atoms with Crippen molar-refractivity contribution in [3.05, 3.63) is 52.6 Å². The van der Waals surface area contributed by atoms with Crippen LogP contribution in [0.25, 0.3) is 10.9 Å². The van der Waals surface area contributed by atoms with Gasteiger partial charge in [0.2, 0.25) is 0 Å². The zero-order valence-electron chi connectivity index (χ0n) is 16.3. The molecule has 0 radical (unpaired) electrons. The van der Waals surface area contributed by atoms with E-state index in [1.807, 2.05) is 20.2 Å². The van der Waals surface area contributed by atoms with Crippen molar-refractivity contribution in [2.75, 3.05) is 34.9 Å². The number of benzene rings is 2. The molecule has 0 fully saturated rings. The lowest BCUT2D eigenvalue weighted by Gasteiger charge is -2.11. The molecule has 1 heterocycles. The van der Waals surface area contributed by atoms with Gasteiger partial charge < -0.3 is 14.4 Å². The van der Waals surface area contributed by atoms with Crippen molar-refractivity contribution in [3.8, 4) is 11.5 Å². The molecule has 0 atom stereocenters. The molecule has 6 nitrogen and oxygen atoms in total. The van der Waals surface area contributed by atoms with Gasteiger partial charge in [-0.2, -0.15) is 0 Å². The molecule has 0 aliphatic carbocycles. The van der Waals surface area contributed by atoms with Crippen molar-refractivity contribution in [2.24, 2.45) is 0 Å². The van der Waals surface area contributed by atoms with Crippen molar-refractivity contribution in [1.29, 1.82) is 0 Å². The average molecular weight is 467 g/mol. The van der Waals surface area contributed by atoms with Crippen molar-refractivity contribution in [3.63, 3.8) is 0 Å². The number of halogens is 1. The highest BCUT2D eigenvalue weighted by atomic mass is 79.9. The van der Waals surface area contributed by atoms with Gasteiger partial charge in [-0.25, -0.2) is 12.4 Å². The van der Waals surface area contributed by atoms with Crippen LogP contribution < -0.4 is 9.47 Å². The van der Waals surface area contributed by atoms with Crippen molar-refractivity contribution >= 4 is 36.9 Å². The van der Waals surface area contributed by atoms with Gasteiger partial charge in [0, 0.05) is 22.6 Å². The number of methoxy groups -OCH3 is 2. The third-order valence-electron chi connectivity index (χ3n) is 4.56. The van der Waals surface area contributed by atoms with E-state index in [4.69, 9.17) is 9.47 Å². The molecule has 0 saturated carbocycles. The molecule has 0 N–H and O–H groups in total. The van der Waals surface area contributed by atoms with Gasteiger partial charge >= 0.3 is 0 Å². The van der Waals surface area contributed by atoms with Crippen LogP contribution in [0.5, 0.6) is 11.5 Å². The Bertz CT molecular complexity index is 1110. The number of likely N-dealkylation sites (N-methyl/N-ethyl adjacent to an activating group) is 1. The Hall–Kier alpha value is -2.03. The summed E-state index contributed by atoms with van der Waals surface area (Å²) in [6.07, 6.45) is 2.43. The Labute approximate surface area is 173 Å². The minimum absolute atomic E-state index is 0.181. The van der Waals surface area contributed by atoms with E-state index in [0.717, 1.165) is 23.9 Å². The maximum Gasteiger partial charge on any atom is 0.269 e. The van der Waals surface area contributed by atoms with Gasteiger partial charge in [0.05, 0.1) is 19.7 Å². The van der Waals surface area contributed by atoms with Crippen LogP contribution in [-0.4, -0.2) is 52.1 Å². The standard InChI is InChI=1S/C20H23BrN2O4S/c1-22(2)10-9-14-13-23(19-7-5-15(26-3)11-17(14)19)28(24,25)20-8-6-16(27-4)12-18(20)21/h5-8,11-13H,9-10H2,1-4H3. The van der Waals surface area contributed by atoms with Gasteiger partial charge in [0.15, 0.2) is 0 Å². The number of rotatable bonds is 7. The summed E-state index contributed by atoms with van der Waals surface area (Å²) in [7, 11) is 3.32. The molecule has 0 spiro atoms. The minimum Gasteiger partial charge on any atom is -0.497 e. The first-order chi connectivity index (χ1) is 13.3. The van der Waals surface area contributed by atoms with E-state index >= 15 is 0 Å². The zero-order chi connectivity index (χ0) is 20.5. The molecule has 2 aromatic carbocycles. The second-order valence-electron chi connectivity index (χ2n) is 6.69. The number of hydrogen-bond acceptors (Lipinski definition) is 5. The van der Waals surface area contributed by atoms with Crippen LogP contribution in [0.2, 0.25) is 0 Å². The fourth-order valence-electron chi connectivity index (χ4n) is 3.04. The Kier molecular flexibility index (Phi) is 6.02. The molecule has 1 aromatic heterocycles. The molecule has 3 aromatic rings. The molecule has 28 heavy (non-hydrogen) atoms. The topological polar surface area (TPSA) is 60.8 Å². The minimum atomic E-state index is -3.80. The number of fused-ring (bicyclic) bond motifs is 1. The first kappa shape index (κ1) is 20.7. The van der Waals surface area contributed by atoms with Crippen molar-refractivity contribution in [2.45, 2.75) is 11.3 Å².